The number of benzene rings is 2. The van der Waals surface area contributed by atoms with E-state index < -0.39 is 10.0 Å². The number of hydrogen-bond acceptors (Lipinski definition) is 5. The Kier molecular flexibility index (Phi) is 6.75. The minimum absolute atomic E-state index is 0.196. The molecule has 0 aliphatic heterocycles. The molecule has 0 spiro atoms. The van der Waals surface area contributed by atoms with Crippen molar-refractivity contribution in [2.24, 2.45) is 10.2 Å². The fraction of sp³-hybridized carbons (Fsp3) is 0.333. The van der Waals surface area contributed by atoms with E-state index in [1.54, 1.807) is 19.1 Å². The van der Waals surface area contributed by atoms with Crippen molar-refractivity contribution in [1.82, 2.24) is 4.72 Å². The summed E-state index contributed by atoms with van der Waals surface area (Å²) in [7, 11) is -3.54. The molecule has 5 nitrogen and oxygen atoms in total. The van der Waals surface area contributed by atoms with Gasteiger partial charge in [0.15, 0.2) is 0 Å². The number of thiol groups is 1. The van der Waals surface area contributed by atoms with E-state index in [0.29, 0.717) is 17.4 Å². The number of nitrogens with one attached hydrogen (secondary N) is 1. The van der Waals surface area contributed by atoms with Gasteiger partial charge < -0.3 is 0 Å². The zero-order valence-corrected chi connectivity index (χ0v) is 16.3. The van der Waals surface area contributed by atoms with Gasteiger partial charge in [0.1, 0.15) is 0 Å². The van der Waals surface area contributed by atoms with Gasteiger partial charge in [0.25, 0.3) is 0 Å². The SMILES string of the molecule is CC(C)c1ccc(N=Nc2ccc(S(=O)(=O)N[C@H](C)CS)cc2)cc1. The maximum atomic E-state index is 12.2. The van der Waals surface area contributed by atoms with Crippen LogP contribution in [0.15, 0.2) is 63.7 Å². The van der Waals surface area contributed by atoms with Gasteiger partial charge in [-0.1, -0.05) is 26.0 Å². The van der Waals surface area contributed by atoms with E-state index >= 15 is 0 Å². The molecule has 0 fully saturated rings. The van der Waals surface area contributed by atoms with Crippen molar-refractivity contribution in [2.75, 3.05) is 5.75 Å². The van der Waals surface area contributed by atoms with E-state index in [1.807, 2.05) is 24.3 Å². The molecule has 0 radical (unpaired) electrons. The summed E-state index contributed by atoms with van der Waals surface area (Å²) in [5.74, 6) is 0.903. The second kappa shape index (κ2) is 8.60. The second-order valence-corrected chi connectivity index (χ2v) is 8.22. The third-order valence-corrected chi connectivity index (χ3v) is 5.77. The van der Waals surface area contributed by atoms with Crippen LogP contribution in [0.3, 0.4) is 0 Å². The maximum absolute atomic E-state index is 12.2. The van der Waals surface area contributed by atoms with E-state index in [9.17, 15) is 8.42 Å². The molecule has 0 aliphatic carbocycles. The molecule has 0 amide bonds. The molecule has 0 bridgehead atoms. The lowest BCUT2D eigenvalue weighted by molar-refractivity contribution is 0.571. The number of nitrogens with zero attached hydrogens (tertiary/aromatic N) is 2. The summed E-state index contributed by atoms with van der Waals surface area (Å²) in [6.07, 6.45) is 0. The zero-order valence-electron chi connectivity index (χ0n) is 14.5. The molecule has 25 heavy (non-hydrogen) atoms. The molecule has 1 N–H and O–H groups in total. The summed E-state index contributed by atoms with van der Waals surface area (Å²) in [6.45, 7) is 6.04. The summed E-state index contributed by atoms with van der Waals surface area (Å²) in [6, 6.07) is 14.0. The summed E-state index contributed by atoms with van der Waals surface area (Å²) < 4.78 is 26.9. The highest BCUT2D eigenvalue weighted by atomic mass is 32.2. The molecule has 2 aromatic rings. The summed E-state index contributed by atoms with van der Waals surface area (Å²) >= 11 is 4.08. The van der Waals surface area contributed by atoms with E-state index in [0.717, 1.165) is 5.69 Å². The third-order valence-electron chi connectivity index (χ3n) is 3.62. The molecule has 0 heterocycles. The van der Waals surface area contributed by atoms with Gasteiger partial charge in [-0.15, -0.1) is 0 Å². The van der Waals surface area contributed by atoms with Gasteiger partial charge >= 0.3 is 0 Å². The van der Waals surface area contributed by atoms with Crippen molar-refractivity contribution < 1.29 is 8.42 Å². The quantitative estimate of drug-likeness (QED) is 0.536. The molecule has 0 saturated heterocycles. The highest BCUT2D eigenvalue weighted by molar-refractivity contribution is 7.89. The predicted octanol–water partition coefficient (Wildman–Crippen LogP) is 4.82. The summed E-state index contributed by atoms with van der Waals surface area (Å²) in [4.78, 5) is 0.196. The van der Waals surface area contributed by atoms with Crippen LogP contribution in [0.5, 0.6) is 0 Å². The fourth-order valence-electron chi connectivity index (χ4n) is 2.10. The summed E-state index contributed by atoms with van der Waals surface area (Å²) in [5, 5.41) is 8.33. The van der Waals surface area contributed by atoms with E-state index in [-0.39, 0.29) is 10.9 Å². The lowest BCUT2D eigenvalue weighted by Crippen LogP contribution is -2.33. The van der Waals surface area contributed by atoms with Gasteiger partial charge in [-0.25, -0.2) is 13.1 Å². The Balaban J connectivity index is 2.09. The number of azo groups is 1. The minimum atomic E-state index is -3.54. The molecule has 1 atom stereocenters. The Morgan fingerprint density at radius 3 is 1.84 bits per heavy atom. The molecule has 0 aliphatic rings. The van der Waals surface area contributed by atoms with Crippen LogP contribution in [0.4, 0.5) is 11.4 Å². The van der Waals surface area contributed by atoms with Gasteiger partial charge in [-0.2, -0.15) is 22.9 Å². The van der Waals surface area contributed by atoms with Crippen LogP contribution in [0, 0.1) is 0 Å². The molecule has 2 aromatic carbocycles. The topological polar surface area (TPSA) is 70.9 Å². The molecule has 0 saturated carbocycles. The average molecular weight is 378 g/mol. The van der Waals surface area contributed by atoms with Crippen LogP contribution in [0.2, 0.25) is 0 Å². The van der Waals surface area contributed by atoms with Gasteiger partial charge in [-0.3, -0.25) is 0 Å². The van der Waals surface area contributed by atoms with Crippen molar-refractivity contribution in [3.8, 4) is 0 Å². The smallest absolute Gasteiger partial charge is 0.208 e. The lowest BCUT2D eigenvalue weighted by Gasteiger charge is -2.11. The van der Waals surface area contributed by atoms with Crippen molar-refractivity contribution in [3.05, 3.63) is 54.1 Å². The van der Waals surface area contributed by atoms with Crippen molar-refractivity contribution in [2.45, 2.75) is 37.6 Å². The van der Waals surface area contributed by atoms with E-state index in [1.165, 1.54) is 17.7 Å². The molecule has 0 aromatic heterocycles. The first kappa shape index (κ1) is 19.6. The van der Waals surface area contributed by atoms with Crippen molar-refractivity contribution in [1.29, 1.82) is 0 Å². The highest BCUT2D eigenvalue weighted by Crippen LogP contribution is 2.22. The first-order valence-corrected chi connectivity index (χ1v) is 10.2. The van der Waals surface area contributed by atoms with Gasteiger partial charge in [0, 0.05) is 11.8 Å². The molecule has 2 rings (SSSR count). The second-order valence-electron chi connectivity index (χ2n) is 6.15. The zero-order chi connectivity index (χ0) is 18.4. The van der Waals surface area contributed by atoms with Crippen LogP contribution in [-0.4, -0.2) is 20.2 Å². The fourth-order valence-corrected chi connectivity index (χ4v) is 3.56. The summed E-state index contributed by atoms with van der Waals surface area (Å²) in [5.41, 5.74) is 2.59. The third kappa shape index (κ3) is 5.66. The van der Waals surface area contributed by atoms with Gasteiger partial charge in [-0.05, 0) is 54.8 Å². The number of rotatable bonds is 7. The molecular formula is C18H23N3O2S2. The minimum Gasteiger partial charge on any atom is -0.208 e. The average Bonchev–Trinajstić information content (AvgIpc) is 2.60. The van der Waals surface area contributed by atoms with Crippen LogP contribution in [0.1, 0.15) is 32.3 Å². The Morgan fingerprint density at radius 2 is 1.40 bits per heavy atom. The van der Waals surface area contributed by atoms with Crippen LogP contribution in [0.25, 0.3) is 0 Å². The molecule has 0 unspecified atom stereocenters. The normalized spacial score (nSPS) is 13.5. The molecule has 7 heteroatoms. The van der Waals surface area contributed by atoms with Crippen molar-refractivity contribution in [3.63, 3.8) is 0 Å². The monoisotopic (exact) mass is 377 g/mol. The van der Waals surface area contributed by atoms with Gasteiger partial charge in [0.2, 0.25) is 10.0 Å². The predicted molar refractivity (Wildman–Crippen MR) is 105 cm³/mol. The standard InChI is InChI=1S/C18H23N3O2S2/c1-13(2)15-4-6-16(7-5-15)19-20-17-8-10-18(11-9-17)25(22,23)21-14(3)12-24/h4-11,13-14,21,24H,12H2,1-3H3/t14-/m1/s1. The lowest BCUT2D eigenvalue weighted by atomic mass is 10.0. The first-order chi connectivity index (χ1) is 11.8. The number of sulfonamides is 1. The Hall–Kier alpha value is -1.70. The van der Waals surface area contributed by atoms with Crippen LogP contribution in [-0.2, 0) is 10.0 Å². The Labute approximate surface area is 155 Å². The molecular weight excluding hydrogens is 354 g/mol. The maximum Gasteiger partial charge on any atom is 0.240 e. The molecule has 134 valence electrons. The van der Waals surface area contributed by atoms with E-state index in [4.69, 9.17) is 0 Å². The van der Waals surface area contributed by atoms with Crippen LogP contribution >= 0.6 is 12.6 Å². The van der Waals surface area contributed by atoms with Crippen LogP contribution < -0.4 is 4.72 Å². The Bertz CT molecular complexity index is 814. The Morgan fingerprint density at radius 1 is 0.920 bits per heavy atom. The highest BCUT2D eigenvalue weighted by Gasteiger charge is 2.16. The number of hydrogen-bond donors (Lipinski definition) is 2. The van der Waals surface area contributed by atoms with Gasteiger partial charge in [0.05, 0.1) is 16.3 Å². The van der Waals surface area contributed by atoms with Crippen molar-refractivity contribution >= 4 is 34.0 Å². The van der Waals surface area contributed by atoms with E-state index in [2.05, 4.69) is 41.4 Å². The first-order valence-electron chi connectivity index (χ1n) is 8.07. The largest absolute Gasteiger partial charge is 0.240 e.